The van der Waals surface area contributed by atoms with Crippen LogP contribution in [0.1, 0.15) is 28.3 Å². The minimum Gasteiger partial charge on any atom is -0.493 e. The average Bonchev–Trinajstić information content (AvgIpc) is 2.88. The molecule has 2 nitrogen and oxygen atoms in total. The van der Waals surface area contributed by atoms with E-state index in [-0.39, 0.29) is 6.04 Å². The highest BCUT2D eigenvalue weighted by molar-refractivity contribution is 9.10. The van der Waals surface area contributed by atoms with Gasteiger partial charge >= 0.3 is 0 Å². The topological polar surface area (TPSA) is 35.2 Å². The summed E-state index contributed by atoms with van der Waals surface area (Å²) < 4.78 is 7.93. The van der Waals surface area contributed by atoms with E-state index in [1.54, 1.807) is 0 Å². The molecule has 1 aliphatic heterocycles. The molecule has 2 N–H and O–H groups in total. The van der Waals surface area contributed by atoms with E-state index in [2.05, 4.69) is 63.0 Å². The number of rotatable bonds is 2. The predicted molar refractivity (Wildman–Crippen MR) is 88.3 cm³/mol. The predicted octanol–water partition coefficient (Wildman–Crippen LogP) is 4.50. The van der Waals surface area contributed by atoms with E-state index < -0.39 is 0 Å². The molecule has 0 amide bonds. The van der Waals surface area contributed by atoms with Crippen LogP contribution in [0.5, 0.6) is 5.75 Å². The van der Waals surface area contributed by atoms with Crippen molar-refractivity contribution in [3.63, 3.8) is 0 Å². The van der Waals surface area contributed by atoms with E-state index in [0.717, 1.165) is 38.8 Å². The number of hydrogen-bond acceptors (Lipinski definition) is 2. The average molecular weight is 397 g/mol. The van der Waals surface area contributed by atoms with Gasteiger partial charge in [0, 0.05) is 20.9 Å². The van der Waals surface area contributed by atoms with Crippen LogP contribution in [0.4, 0.5) is 0 Å². The van der Waals surface area contributed by atoms with E-state index in [9.17, 15) is 0 Å². The maximum absolute atomic E-state index is 6.46. The third-order valence-electron chi connectivity index (χ3n) is 3.65. The fourth-order valence-corrected chi connectivity index (χ4v) is 3.34. The van der Waals surface area contributed by atoms with Gasteiger partial charge in [0.25, 0.3) is 0 Å². The second-order valence-electron chi connectivity index (χ2n) is 5.07. The van der Waals surface area contributed by atoms with E-state index in [4.69, 9.17) is 10.5 Å². The van der Waals surface area contributed by atoms with Gasteiger partial charge < -0.3 is 10.5 Å². The summed E-state index contributed by atoms with van der Waals surface area (Å²) in [6.07, 6.45) is 0.952. The third-order valence-corrected chi connectivity index (χ3v) is 5.00. The van der Waals surface area contributed by atoms with Gasteiger partial charge in [-0.05, 0) is 41.8 Å². The van der Waals surface area contributed by atoms with Gasteiger partial charge in [-0.2, -0.15) is 0 Å². The summed E-state index contributed by atoms with van der Waals surface area (Å²) in [5.74, 6) is 0.960. The Kier molecular flexibility index (Phi) is 3.89. The van der Waals surface area contributed by atoms with Crippen LogP contribution in [-0.2, 0) is 6.42 Å². The quantitative estimate of drug-likeness (QED) is 0.810. The minimum atomic E-state index is -0.175. The van der Waals surface area contributed by atoms with Crippen molar-refractivity contribution in [2.24, 2.45) is 5.73 Å². The summed E-state index contributed by atoms with van der Waals surface area (Å²) in [7, 11) is 0. The SMILES string of the molecule is Cc1cc(C(N)c2cc(Br)cc3c2OCC3)ccc1Br. The molecule has 104 valence electrons. The molecule has 3 rings (SSSR count). The number of ether oxygens (including phenoxy) is 1. The van der Waals surface area contributed by atoms with Crippen molar-refractivity contribution in [1.29, 1.82) is 0 Å². The van der Waals surface area contributed by atoms with E-state index in [0.29, 0.717) is 0 Å². The molecule has 2 aromatic carbocycles. The molecule has 2 aromatic rings. The first-order valence-corrected chi connectivity index (χ1v) is 8.11. The Morgan fingerprint density at radius 3 is 2.75 bits per heavy atom. The highest BCUT2D eigenvalue weighted by Crippen LogP contribution is 2.38. The first-order valence-electron chi connectivity index (χ1n) is 6.53. The molecule has 0 aromatic heterocycles. The Hall–Kier alpha value is -0.840. The summed E-state index contributed by atoms with van der Waals surface area (Å²) in [4.78, 5) is 0. The lowest BCUT2D eigenvalue weighted by Crippen LogP contribution is -2.13. The fourth-order valence-electron chi connectivity index (χ4n) is 2.57. The molecule has 20 heavy (non-hydrogen) atoms. The van der Waals surface area contributed by atoms with Gasteiger partial charge in [-0.15, -0.1) is 0 Å². The third kappa shape index (κ3) is 2.52. The molecule has 0 bridgehead atoms. The molecule has 0 aliphatic carbocycles. The normalized spacial score (nSPS) is 14.8. The maximum Gasteiger partial charge on any atom is 0.127 e. The van der Waals surface area contributed by atoms with Crippen LogP contribution >= 0.6 is 31.9 Å². The first kappa shape index (κ1) is 14.1. The van der Waals surface area contributed by atoms with Crippen LogP contribution in [0.3, 0.4) is 0 Å². The van der Waals surface area contributed by atoms with E-state index >= 15 is 0 Å². The van der Waals surface area contributed by atoms with Crippen molar-refractivity contribution >= 4 is 31.9 Å². The van der Waals surface area contributed by atoms with Crippen molar-refractivity contribution in [1.82, 2.24) is 0 Å². The van der Waals surface area contributed by atoms with Crippen LogP contribution in [0.2, 0.25) is 0 Å². The second-order valence-corrected chi connectivity index (χ2v) is 6.84. The molecule has 0 radical (unpaired) electrons. The van der Waals surface area contributed by atoms with Gasteiger partial charge in [-0.1, -0.05) is 44.0 Å². The van der Waals surface area contributed by atoms with Crippen LogP contribution in [0, 0.1) is 6.92 Å². The molecule has 1 atom stereocenters. The van der Waals surface area contributed by atoms with Crippen LogP contribution in [0.15, 0.2) is 39.3 Å². The summed E-state index contributed by atoms with van der Waals surface area (Å²) in [6, 6.07) is 10.2. The number of benzene rings is 2. The zero-order chi connectivity index (χ0) is 14.3. The van der Waals surface area contributed by atoms with Gasteiger partial charge in [0.15, 0.2) is 0 Å². The summed E-state index contributed by atoms with van der Waals surface area (Å²) >= 11 is 7.09. The number of hydrogen-bond donors (Lipinski definition) is 1. The largest absolute Gasteiger partial charge is 0.493 e. The Morgan fingerprint density at radius 1 is 1.20 bits per heavy atom. The molecule has 0 fully saturated rings. The summed E-state index contributed by atoms with van der Waals surface area (Å²) in [5, 5.41) is 0. The van der Waals surface area contributed by atoms with Crippen LogP contribution in [-0.4, -0.2) is 6.61 Å². The van der Waals surface area contributed by atoms with E-state index in [1.807, 2.05) is 6.07 Å². The van der Waals surface area contributed by atoms with Crippen LogP contribution < -0.4 is 10.5 Å². The molecule has 1 heterocycles. The molecular weight excluding hydrogens is 382 g/mol. The van der Waals surface area contributed by atoms with E-state index in [1.165, 1.54) is 11.1 Å². The molecule has 0 saturated carbocycles. The van der Waals surface area contributed by atoms with Crippen LogP contribution in [0.25, 0.3) is 0 Å². The van der Waals surface area contributed by atoms with Crippen molar-refractivity contribution in [2.75, 3.05) is 6.61 Å². The lowest BCUT2D eigenvalue weighted by Gasteiger charge is -2.17. The zero-order valence-corrected chi connectivity index (χ0v) is 14.3. The van der Waals surface area contributed by atoms with Crippen molar-refractivity contribution < 1.29 is 4.74 Å². The Labute approximate surface area is 135 Å². The Bertz CT molecular complexity index is 670. The number of halogens is 2. The van der Waals surface area contributed by atoms with Crippen molar-refractivity contribution in [2.45, 2.75) is 19.4 Å². The Balaban J connectivity index is 2.06. The Morgan fingerprint density at radius 2 is 2.00 bits per heavy atom. The molecule has 0 saturated heterocycles. The summed E-state index contributed by atoms with van der Waals surface area (Å²) in [6.45, 7) is 2.81. The molecule has 1 unspecified atom stereocenters. The number of aryl methyl sites for hydroxylation is 1. The maximum atomic E-state index is 6.46. The number of fused-ring (bicyclic) bond motifs is 1. The van der Waals surface area contributed by atoms with Gasteiger partial charge in [0.05, 0.1) is 12.6 Å². The lowest BCUT2D eigenvalue weighted by atomic mass is 9.95. The first-order chi connectivity index (χ1) is 9.56. The fraction of sp³-hybridized carbons (Fsp3) is 0.250. The summed E-state index contributed by atoms with van der Waals surface area (Å²) in [5.41, 5.74) is 11.0. The standard InChI is InChI=1S/C16H15Br2NO/c1-9-6-10(2-3-14(9)18)15(19)13-8-12(17)7-11-4-5-20-16(11)13/h2-3,6-8,15H,4-5,19H2,1H3. The smallest absolute Gasteiger partial charge is 0.127 e. The van der Waals surface area contributed by atoms with Crippen molar-refractivity contribution in [3.8, 4) is 5.75 Å². The van der Waals surface area contributed by atoms with Crippen molar-refractivity contribution in [3.05, 3.63) is 61.5 Å². The molecule has 4 heteroatoms. The van der Waals surface area contributed by atoms with Gasteiger partial charge in [-0.25, -0.2) is 0 Å². The van der Waals surface area contributed by atoms with Gasteiger partial charge in [0.2, 0.25) is 0 Å². The molecular formula is C16H15Br2NO. The zero-order valence-electron chi connectivity index (χ0n) is 11.1. The highest BCUT2D eigenvalue weighted by atomic mass is 79.9. The second kappa shape index (κ2) is 5.51. The lowest BCUT2D eigenvalue weighted by molar-refractivity contribution is 0.352. The molecule has 0 spiro atoms. The highest BCUT2D eigenvalue weighted by Gasteiger charge is 2.22. The minimum absolute atomic E-state index is 0.175. The van der Waals surface area contributed by atoms with Gasteiger partial charge in [-0.3, -0.25) is 0 Å². The molecule has 1 aliphatic rings. The number of nitrogens with two attached hydrogens (primary N) is 1. The van der Waals surface area contributed by atoms with Gasteiger partial charge in [0.1, 0.15) is 5.75 Å². The monoisotopic (exact) mass is 395 g/mol.